The van der Waals surface area contributed by atoms with Gasteiger partial charge in [-0.05, 0) is 86.5 Å². The normalized spacial score (nSPS) is 54.6. The first-order valence-corrected chi connectivity index (χ1v) is 19.9. The second-order valence-corrected chi connectivity index (χ2v) is 18.0. The van der Waals surface area contributed by atoms with Crippen LogP contribution in [0.1, 0.15) is 71.6 Å². The number of carbonyl (C=O) groups excluding carboxylic acids is 1. The molecule has 7 rings (SSSR count). The quantitative estimate of drug-likeness (QED) is 0.0631. The van der Waals surface area contributed by atoms with Crippen LogP contribution in [0.3, 0.4) is 0 Å². The van der Waals surface area contributed by atoms with Gasteiger partial charge in [-0.25, -0.2) is 0 Å². The lowest BCUT2D eigenvalue weighted by atomic mass is 9.41. The minimum Gasteiger partial charge on any atom is -0.432 e. The molecule has 11 N–H and O–H groups in total. The van der Waals surface area contributed by atoms with Crippen molar-refractivity contribution in [3.05, 3.63) is 12.2 Å². The van der Waals surface area contributed by atoms with E-state index in [1.54, 1.807) is 0 Å². The standard InChI is InChI=1S/C38H60O18/c1-16-11-37-9-5-20-35(2,7-4-8-36(20,3)34(50)55-32-29(49)26(46)23(43)18(13-40)52-32)21(37)6-10-38(16,15-37)56-33-30(27(47)24(44)19(14-41)53-33)54-31-28(48)25(45)22(42)17(12-39)51-31/h17-33,39-49H,1,4-15H2,2-3H3/t17?,18?,19?,20-,21-,22?,23?,24?,25?,26?,27?,28?,29?,30?,31?,32?,33?,35+,36+,37?,38+/m0/s1. The number of hydrogen-bond acceptors (Lipinski definition) is 18. The fraction of sp³-hybridized carbons (Fsp3) is 0.921. The van der Waals surface area contributed by atoms with Crippen LogP contribution in [0.5, 0.6) is 0 Å². The molecule has 18 heteroatoms. The smallest absolute Gasteiger partial charge is 0.314 e. The number of aliphatic hydroxyl groups is 11. The van der Waals surface area contributed by atoms with Crippen LogP contribution in [-0.4, -0.2) is 180 Å². The van der Waals surface area contributed by atoms with Crippen LogP contribution >= 0.6 is 0 Å². The van der Waals surface area contributed by atoms with E-state index >= 15 is 0 Å². The van der Waals surface area contributed by atoms with Crippen molar-refractivity contribution in [1.29, 1.82) is 0 Å². The van der Waals surface area contributed by atoms with Gasteiger partial charge in [0.25, 0.3) is 0 Å². The SMILES string of the molecule is C=C1CC23CC[C@H]4[C@@](C)(CCC[C@@]4(C)C(=O)OC4OC(CO)C(O)C(O)C4O)[C@@H]2CC[C@@]1(OC1OC(CO)C(O)C(O)C1OC1OC(CO)C(O)C(O)C1O)C3. The van der Waals surface area contributed by atoms with Crippen LogP contribution in [0.4, 0.5) is 0 Å². The number of hydrogen-bond donors (Lipinski definition) is 11. The van der Waals surface area contributed by atoms with Crippen LogP contribution in [0.2, 0.25) is 0 Å². The predicted octanol–water partition coefficient (Wildman–Crippen LogP) is -2.94. The average molecular weight is 805 g/mol. The molecule has 0 radical (unpaired) electrons. The van der Waals surface area contributed by atoms with Crippen molar-refractivity contribution < 1.29 is 89.4 Å². The van der Waals surface area contributed by atoms with Gasteiger partial charge < -0.3 is 84.6 Å². The number of fused-ring (bicyclic) bond motifs is 3. The molecule has 0 amide bonds. The Morgan fingerprint density at radius 1 is 0.679 bits per heavy atom. The third kappa shape index (κ3) is 6.69. The van der Waals surface area contributed by atoms with Crippen LogP contribution in [0, 0.1) is 28.1 Å². The molecule has 3 saturated heterocycles. The summed E-state index contributed by atoms with van der Waals surface area (Å²) >= 11 is 0. The molecule has 2 bridgehead atoms. The van der Waals surface area contributed by atoms with E-state index in [1.807, 2.05) is 6.92 Å². The molecule has 0 aromatic carbocycles. The largest absolute Gasteiger partial charge is 0.432 e. The summed E-state index contributed by atoms with van der Waals surface area (Å²) in [6.07, 6.45) is -17.8. The maximum atomic E-state index is 14.1. The lowest BCUT2D eigenvalue weighted by Gasteiger charge is -2.64. The number of rotatable bonds is 9. The summed E-state index contributed by atoms with van der Waals surface area (Å²) < 4.78 is 35.6. The van der Waals surface area contributed by atoms with Crippen molar-refractivity contribution in [2.75, 3.05) is 19.8 Å². The van der Waals surface area contributed by atoms with E-state index in [-0.39, 0.29) is 22.7 Å². The third-order valence-corrected chi connectivity index (χ3v) is 15.0. The van der Waals surface area contributed by atoms with Crippen molar-refractivity contribution in [3.8, 4) is 0 Å². The van der Waals surface area contributed by atoms with Crippen LogP contribution in [-0.2, 0) is 33.2 Å². The maximum absolute atomic E-state index is 14.1. The van der Waals surface area contributed by atoms with E-state index in [0.717, 1.165) is 18.4 Å². The first-order chi connectivity index (χ1) is 26.4. The fourth-order valence-corrected chi connectivity index (χ4v) is 12.0. The molecule has 0 aromatic heterocycles. The Bertz CT molecular complexity index is 1450. The summed E-state index contributed by atoms with van der Waals surface area (Å²) in [4.78, 5) is 14.1. The zero-order chi connectivity index (χ0) is 40.7. The summed E-state index contributed by atoms with van der Waals surface area (Å²) in [5, 5.41) is 114. The molecule has 56 heavy (non-hydrogen) atoms. The lowest BCUT2D eigenvalue weighted by molar-refractivity contribution is -0.378. The third-order valence-electron chi connectivity index (χ3n) is 15.0. The molecule has 16 unspecified atom stereocenters. The van der Waals surface area contributed by atoms with Gasteiger partial charge in [-0.2, -0.15) is 0 Å². The van der Waals surface area contributed by atoms with Crippen molar-refractivity contribution in [3.63, 3.8) is 0 Å². The highest BCUT2D eigenvalue weighted by Crippen LogP contribution is 2.73. The molecule has 4 aliphatic carbocycles. The van der Waals surface area contributed by atoms with E-state index in [9.17, 15) is 61.0 Å². The van der Waals surface area contributed by atoms with E-state index in [2.05, 4.69) is 13.5 Å². The average Bonchev–Trinajstić information content (AvgIpc) is 3.37. The summed E-state index contributed by atoms with van der Waals surface area (Å²) in [7, 11) is 0. The number of carbonyl (C=O) groups is 1. The number of ether oxygens (including phenoxy) is 6. The van der Waals surface area contributed by atoms with Gasteiger partial charge >= 0.3 is 5.97 Å². The molecule has 21 atom stereocenters. The molecule has 3 heterocycles. The van der Waals surface area contributed by atoms with Crippen molar-refractivity contribution in [2.24, 2.45) is 28.1 Å². The fourth-order valence-electron chi connectivity index (χ4n) is 12.0. The molecule has 1 spiro atoms. The van der Waals surface area contributed by atoms with E-state index in [1.165, 1.54) is 0 Å². The summed E-state index contributed by atoms with van der Waals surface area (Å²) in [5.41, 5.74) is -1.80. The van der Waals surface area contributed by atoms with Crippen molar-refractivity contribution >= 4 is 5.97 Å². The Balaban J connectivity index is 1.10. The zero-order valence-corrected chi connectivity index (χ0v) is 31.8. The van der Waals surface area contributed by atoms with Gasteiger partial charge in [-0.15, -0.1) is 0 Å². The molecule has 18 nitrogen and oxygen atoms in total. The Morgan fingerprint density at radius 3 is 1.82 bits per heavy atom. The van der Waals surface area contributed by atoms with Crippen LogP contribution in [0.15, 0.2) is 12.2 Å². The highest BCUT2D eigenvalue weighted by Gasteiger charge is 2.69. The van der Waals surface area contributed by atoms with Crippen molar-refractivity contribution in [1.82, 2.24) is 0 Å². The second-order valence-electron chi connectivity index (χ2n) is 18.0. The zero-order valence-electron chi connectivity index (χ0n) is 31.8. The van der Waals surface area contributed by atoms with E-state index in [0.29, 0.717) is 44.9 Å². The lowest BCUT2D eigenvalue weighted by Crippen LogP contribution is -2.65. The van der Waals surface area contributed by atoms with Gasteiger partial charge in [-0.1, -0.05) is 19.9 Å². The molecule has 7 aliphatic rings. The Hall–Kier alpha value is -1.43. The molecular formula is C38H60O18. The topological polar surface area (TPSA) is 295 Å². The minimum absolute atomic E-state index is 0.121. The van der Waals surface area contributed by atoms with Gasteiger partial charge in [-0.3, -0.25) is 4.79 Å². The van der Waals surface area contributed by atoms with Gasteiger partial charge in [0.2, 0.25) is 6.29 Å². The van der Waals surface area contributed by atoms with Gasteiger partial charge in [0.15, 0.2) is 12.6 Å². The highest BCUT2D eigenvalue weighted by atomic mass is 16.8. The first kappa shape index (κ1) is 42.7. The molecule has 7 fully saturated rings. The summed E-state index contributed by atoms with van der Waals surface area (Å²) in [6.45, 7) is 6.52. The predicted molar refractivity (Wildman–Crippen MR) is 186 cm³/mol. The Morgan fingerprint density at radius 2 is 1.21 bits per heavy atom. The number of aliphatic hydroxyl groups excluding tert-OH is 11. The summed E-state index contributed by atoms with van der Waals surface area (Å²) in [5.74, 6) is -0.591. The summed E-state index contributed by atoms with van der Waals surface area (Å²) in [6, 6.07) is 0. The van der Waals surface area contributed by atoms with Crippen LogP contribution < -0.4 is 0 Å². The molecule has 0 aromatic rings. The monoisotopic (exact) mass is 804 g/mol. The Kier molecular flexibility index (Phi) is 11.9. The Labute approximate surface area is 324 Å². The molecule has 320 valence electrons. The highest BCUT2D eigenvalue weighted by molar-refractivity contribution is 5.77. The van der Waals surface area contributed by atoms with Gasteiger partial charge in [0.05, 0.1) is 30.8 Å². The van der Waals surface area contributed by atoms with Crippen LogP contribution in [0.25, 0.3) is 0 Å². The van der Waals surface area contributed by atoms with Gasteiger partial charge in [0, 0.05) is 0 Å². The molecule has 3 aliphatic heterocycles. The molecule has 4 saturated carbocycles. The minimum atomic E-state index is -1.81. The van der Waals surface area contributed by atoms with E-state index < -0.39 is 129 Å². The maximum Gasteiger partial charge on any atom is 0.314 e. The number of esters is 1. The second kappa shape index (κ2) is 15.6. The van der Waals surface area contributed by atoms with Gasteiger partial charge in [0.1, 0.15) is 73.2 Å². The molecular weight excluding hydrogens is 744 g/mol. The van der Waals surface area contributed by atoms with E-state index in [4.69, 9.17) is 28.4 Å². The van der Waals surface area contributed by atoms with Crippen molar-refractivity contribution in [2.45, 2.75) is 169 Å². The first-order valence-electron chi connectivity index (χ1n) is 19.9.